The molecule has 102 valence electrons. The van der Waals surface area contributed by atoms with E-state index in [-0.39, 0.29) is 11.3 Å². The van der Waals surface area contributed by atoms with Crippen molar-refractivity contribution in [3.8, 4) is 5.75 Å². The molecule has 0 heterocycles. The van der Waals surface area contributed by atoms with Crippen LogP contribution < -0.4 is 10.1 Å². The molecule has 1 N–H and O–H groups in total. The highest BCUT2D eigenvalue weighted by Crippen LogP contribution is 2.46. The van der Waals surface area contributed by atoms with Crippen LogP contribution in [0.25, 0.3) is 0 Å². The van der Waals surface area contributed by atoms with Crippen LogP contribution in [-0.4, -0.2) is 12.5 Å². The summed E-state index contributed by atoms with van der Waals surface area (Å²) < 4.78 is 5.66. The zero-order valence-corrected chi connectivity index (χ0v) is 11.8. The monoisotopic (exact) mass is 279 g/mol. The molecule has 0 bridgehead atoms. The number of hydrogen-bond acceptors (Lipinski definition) is 2. The van der Waals surface area contributed by atoms with Crippen molar-refractivity contribution in [2.75, 3.05) is 11.9 Å². The summed E-state index contributed by atoms with van der Waals surface area (Å²) in [7, 11) is 0. The summed E-state index contributed by atoms with van der Waals surface area (Å²) in [6.07, 6.45) is 4.44. The Morgan fingerprint density at radius 2 is 2.21 bits per heavy atom. The van der Waals surface area contributed by atoms with Gasteiger partial charge in [-0.2, -0.15) is 0 Å². The summed E-state index contributed by atoms with van der Waals surface area (Å²) in [6, 6.07) is 5.43. The van der Waals surface area contributed by atoms with Gasteiger partial charge in [0.25, 0.3) is 0 Å². The first-order chi connectivity index (χ1) is 9.07. The van der Waals surface area contributed by atoms with Crippen LogP contribution in [0.2, 0.25) is 5.02 Å². The molecule has 4 heteroatoms. The molecule has 1 aromatic rings. The van der Waals surface area contributed by atoms with Gasteiger partial charge >= 0.3 is 0 Å². The highest BCUT2D eigenvalue weighted by Gasteiger charge is 2.44. The minimum absolute atomic E-state index is 0.0789. The van der Waals surface area contributed by atoms with E-state index >= 15 is 0 Å². The van der Waals surface area contributed by atoms with Crippen molar-refractivity contribution < 1.29 is 9.53 Å². The molecule has 1 amide bonds. The van der Waals surface area contributed by atoms with Gasteiger partial charge in [-0.1, -0.05) is 18.5 Å². The molecule has 2 aliphatic rings. The summed E-state index contributed by atoms with van der Waals surface area (Å²) >= 11 is 6.17. The second-order valence-electron chi connectivity index (χ2n) is 5.91. The molecule has 0 radical (unpaired) electrons. The van der Waals surface area contributed by atoms with Gasteiger partial charge in [-0.3, -0.25) is 4.79 Å². The van der Waals surface area contributed by atoms with Gasteiger partial charge in [0, 0.05) is 11.1 Å². The van der Waals surface area contributed by atoms with Crippen LogP contribution in [0.4, 0.5) is 5.69 Å². The lowest BCUT2D eigenvalue weighted by Gasteiger charge is -2.12. The largest absolute Gasteiger partial charge is 0.492 e. The van der Waals surface area contributed by atoms with E-state index in [1.807, 2.05) is 19.1 Å². The number of carbonyl (C=O) groups excluding carboxylic acids is 1. The number of ether oxygens (including phenoxy) is 1. The third-order valence-electron chi connectivity index (χ3n) is 3.91. The number of nitrogens with one attached hydrogen (secondary N) is 1. The fourth-order valence-electron chi connectivity index (χ4n) is 1.88. The van der Waals surface area contributed by atoms with Crippen LogP contribution in [0.5, 0.6) is 5.75 Å². The maximum Gasteiger partial charge on any atom is 0.230 e. The second kappa shape index (κ2) is 4.71. The van der Waals surface area contributed by atoms with Crippen molar-refractivity contribution in [1.29, 1.82) is 0 Å². The van der Waals surface area contributed by atoms with Crippen LogP contribution in [0, 0.1) is 11.3 Å². The van der Waals surface area contributed by atoms with Crippen molar-refractivity contribution in [3.05, 3.63) is 23.2 Å². The SMILES string of the molecule is CC1(C(=O)Nc2ccc(OCC3CC3)c(Cl)c2)CC1. The zero-order chi connectivity index (χ0) is 13.5. The van der Waals surface area contributed by atoms with Gasteiger partial charge in [0.15, 0.2) is 0 Å². The van der Waals surface area contributed by atoms with Crippen LogP contribution in [0.15, 0.2) is 18.2 Å². The van der Waals surface area contributed by atoms with Crippen molar-refractivity contribution in [1.82, 2.24) is 0 Å². The number of anilines is 1. The Kier molecular flexibility index (Phi) is 3.17. The molecule has 0 spiro atoms. The summed E-state index contributed by atoms with van der Waals surface area (Å²) in [4.78, 5) is 11.9. The third-order valence-corrected chi connectivity index (χ3v) is 4.20. The van der Waals surface area contributed by atoms with Gasteiger partial charge in [0.2, 0.25) is 5.91 Å². The number of halogens is 1. The van der Waals surface area contributed by atoms with Crippen molar-refractivity contribution in [3.63, 3.8) is 0 Å². The minimum atomic E-state index is -0.173. The predicted octanol–water partition coefficient (Wildman–Crippen LogP) is 3.87. The Balaban J connectivity index is 1.62. The molecule has 3 rings (SSSR count). The van der Waals surface area contributed by atoms with Gasteiger partial charge in [0.1, 0.15) is 5.75 Å². The predicted molar refractivity (Wildman–Crippen MR) is 75.6 cm³/mol. The smallest absolute Gasteiger partial charge is 0.230 e. The van der Waals surface area contributed by atoms with E-state index in [9.17, 15) is 4.79 Å². The summed E-state index contributed by atoms with van der Waals surface area (Å²) in [5, 5.41) is 3.47. The molecule has 2 saturated carbocycles. The molecule has 0 atom stereocenters. The Labute approximate surface area is 118 Å². The molecule has 0 aromatic heterocycles. The van der Waals surface area contributed by atoms with Crippen molar-refractivity contribution in [2.24, 2.45) is 11.3 Å². The van der Waals surface area contributed by atoms with Gasteiger partial charge < -0.3 is 10.1 Å². The molecular formula is C15H18ClNO2. The molecular weight excluding hydrogens is 262 g/mol. The van der Waals surface area contributed by atoms with E-state index in [0.29, 0.717) is 16.7 Å². The molecule has 2 fully saturated rings. The van der Waals surface area contributed by atoms with Gasteiger partial charge in [-0.25, -0.2) is 0 Å². The lowest BCUT2D eigenvalue weighted by atomic mass is 10.1. The molecule has 0 unspecified atom stereocenters. The van der Waals surface area contributed by atoms with Crippen molar-refractivity contribution in [2.45, 2.75) is 32.6 Å². The Morgan fingerprint density at radius 1 is 1.47 bits per heavy atom. The molecule has 0 aliphatic heterocycles. The highest BCUT2D eigenvalue weighted by molar-refractivity contribution is 6.32. The number of rotatable bonds is 5. The minimum Gasteiger partial charge on any atom is -0.492 e. The Bertz CT molecular complexity index is 507. The average Bonchev–Trinajstić information content (AvgIpc) is 3.25. The molecule has 3 nitrogen and oxygen atoms in total. The maximum absolute atomic E-state index is 11.9. The summed E-state index contributed by atoms with van der Waals surface area (Å²) in [5.74, 6) is 1.48. The Hall–Kier alpha value is -1.22. The van der Waals surface area contributed by atoms with E-state index in [1.54, 1.807) is 6.07 Å². The van der Waals surface area contributed by atoms with Gasteiger partial charge in [-0.05, 0) is 49.8 Å². The lowest BCUT2D eigenvalue weighted by molar-refractivity contribution is -0.120. The standard InChI is InChI=1S/C15H18ClNO2/c1-15(6-7-15)14(18)17-11-4-5-13(12(16)8-11)19-9-10-2-3-10/h4-5,8,10H,2-3,6-7,9H2,1H3,(H,17,18). The highest BCUT2D eigenvalue weighted by atomic mass is 35.5. The van der Waals surface area contributed by atoms with E-state index < -0.39 is 0 Å². The Morgan fingerprint density at radius 3 is 2.79 bits per heavy atom. The van der Waals surface area contributed by atoms with Crippen LogP contribution >= 0.6 is 11.6 Å². The average molecular weight is 280 g/mol. The van der Waals surface area contributed by atoms with Gasteiger partial charge in [0.05, 0.1) is 11.6 Å². The zero-order valence-electron chi connectivity index (χ0n) is 11.0. The van der Waals surface area contributed by atoms with Gasteiger partial charge in [-0.15, -0.1) is 0 Å². The first-order valence-electron chi connectivity index (χ1n) is 6.81. The first-order valence-corrected chi connectivity index (χ1v) is 7.18. The topological polar surface area (TPSA) is 38.3 Å². The third kappa shape index (κ3) is 3.03. The van der Waals surface area contributed by atoms with Crippen LogP contribution in [0.1, 0.15) is 32.6 Å². The van der Waals surface area contributed by atoms with E-state index in [0.717, 1.165) is 25.1 Å². The van der Waals surface area contributed by atoms with Crippen LogP contribution in [-0.2, 0) is 4.79 Å². The van der Waals surface area contributed by atoms with Crippen molar-refractivity contribution >= 4 is 23.2 Å². The summed E-state index contributed by atoms with van der Waals surface area (Å²) in [5.41, 5.74) is 0.565. The normalized spacial score (nSPS) is 19.9. The summed E-state index contributed by atoms with van der Waals surface area (Å²) in [6.45, 7) is 2.72. The fraction of sp³-hybridized carbons (Fsp3) is 0.533. The number of benzene rings is 1. The molecule has 1 aromatic carbocycles. The molecule has 2 aliphatic carbocycles. The van der Waals surface area contributed by atoms with E-state index in [1.165, 1.54) is 12.8 Å². The first kappa shape index (κ1) is 12.8. The molecule has 19 heavy (non-hydrogen) atoms. The fourth-order valence-corrected chi connectivity index (χ4v) is 2.12. The quantitative estimate of drug-likeness (QED) is 0.889. The number of carbonyl (C=O) groups is 1. The van der Waals surface area contributed by atoms with Crippen LogP contribution in [0.3, 0.4) is 0 Å². The number of amides is 1. The number of hydrogen-bond donors (Lipinski definition) is 1. The lowest BCUT2D eigenvalue weighted by Crippen LogP contribution is -2.21. The van der Waals surface area contributed by atoms with E-state index in [4.69, 9.17) is 16.3 Å². The maximum atomic E-state index is 11.9. The van der Waals surface area contributed by atoms with E-state index in [2.05, 4.69) is 5.32 Å². The molecule has 0 saturated heterocycles. The second-order valence-corrected chi connectivity index (χ2v) is 6.32.